The second-order valence-corrected chi connectivity index (χ2v) is 8.59. The highest BCUT2D eigenvalue weighted by molar-refractivity contribution is 7.92. The fourth-order valence-electron chi connectivity index (χ4n) is 2.31. The molecule has 3 rings (SSSR count). The SMILES string of the molecule is Cc1ccc(S(=O)(=O)Nc2ccccc2F)cc1C(=O)Nc1nnc(C(F)(F)F)s1. The molecule has 0 spiro atoms. The topological polar surface area (TPSA) is 101 Å². The van der Waals surface area contributed by atoms with Crippen molar-refractivity contribution in [2.45, 2.75) is 18.0 Å². The van der Waals surface area contributed by atoms with Crippen LogP contribution in [0.15, 0.2) is 47.4 Å². The minimum Gasteiger partial charge on any atom is -0.296 e. The summed E-state index contributed by atoms with van der Waals surface area (Å²) in [6, 6.07) is 8.70. The smallest absolute Gasteiger partial charge is 0.296 e. The van der Waals surface area contributed by atoms with E-state index in [0.29, 0.717) is 5.56 Å². The quantitative estimate of drug-likeness (QED) is 0.560. The molecule has 7 nitrogen and oxygen atoms in total. The maximum Gasteiger partial charge on any atom is 0.445 e. The number of para-hydroxylation sites is 1. The Balaban J connectivity index is 1.86. The molecule has 0 aliphatic rings. The molecule has 0 fully saturated rings. The zero-order chi connectivity index (χ0) is 22.1. The summed E-state index contributed by atoms with van der Waals surface area (Å²) in [5.74, 6) is -1.66. The molecule has 2 N–H and O–H groups in total. The Bertz CT molecular complexity index is 1210. The monoisotopic (exact) mass is 460 g/mol. The van der Waals surface area contributed by atoms with Crippen LogP contribution in [0.5, 0.6) is 0 Å². The Hall–Kier alpha value is -3.06. The average Bonchev–Trinajstić information content (AvgIpc) is 3.12. The fourth-order valence-corrected chi connectivity index (χ4v) is 4.01. The lowest BCUT2D eigenvalue weighted by Gasteiger charge is -2.11. The van der Waals surface area contributed by atoms with Gasteiger partial charge in [-0.1, -0.05) is 29.5 Å². The van der Waals surface area contributed by atoms with Crippen molar-refractivity contribution in [3.05, 3.63) is 64.4 Å². The summed E-state index contributed by atoms with van der Waals surface area (Å²) >= 11 is 0.130. The van der Waals surface area contributed by atoms with Gasteiger partial charge in [-0.15, -0.1) is 10.2 Å². The van der Waals surface area contributed by atoms with Gasteiger partial charge in [0.25, 0.3) is 15.9 Å². The molecule has 0 unspecified atom stereocenters. The number of alkyl halides is 3. The summed E-state index contributed by atoms with van der Waals surface area (Å²) in [4.78, 5) is 12.1. The van der Waals surface area contributed by atoms with Crippen LogP contribution in [-0.2, 0) is 16.2 Å². The van der Waals surface area contributed by atoms with Crippen LogP contribution in [0.1, 0.15) is 20.9 Å². The summed E-state index contributed by atoms with van der Waals surface area (Å²) in [5.41, 5.74) is -0.0364. The van der Waals surface area contributed by atoms with Crippen molar-refractivity contribution in [3.63, 3.8) is 0 Å². The summed E-state index contributed by atoms with van der Waals surface area (Å²) in [7, 11) is -4.24. The molecule has 0 bridgehead atoms. The van der Waals surface area contributed by atoms with Gasteiger partial charge in [0.1, 0.15) is 5.82 Å². The number of carbonyl (C=O) groups is 1. The number of anilines is 2. The Labute approximate surface area is 171 Å². The number of aryl methyl sites for hydroxylation is 1. The number of nitrogens with one attached hydrogen (secondary N) is 2. The molecule has 0 saturated carbocycles. The Morgan fingerprint density at radius 3 is 2.43 bits per heavy atom. The van der Waals surface area contributed by atoms with E-state index in [-0.39, 0.29) is 27.5 Å². The van der Waals surface area contributed by atoms with Crippen molar-refractivity contribution in [2.24, 2.45) is 0 Å². The second kappa shape index (κ2) is 7.99. The van der Waals surface area contributed by atoms with Gasteiger partial charge in [0.15, 0.2) is 0 Å². The number of aromatic nitrogens is 2. The molecule has 158 valence electrons. The number of hydrogen-bond donors (Lipinski definition) is 2. The molecule has 3 aromatic rings. The van der Waals surface area contributed by atoms with Gasteiger partial charge >= 0.3 is 6.18 Å². The lowest BCUT2D eigenvalue weighted by Crippen LogP contribution is -2.17. The van der Waals surface area contributed by atoms with Crippen LogP contribution in [0.25, 0.3) is 0 Å². The molecule has 13 heteroatoms. The van der Waals surface area contributed by atoms with E-state index in [0.717, 1.165) is 12.1 Å². The van der Waals surface area contributed by atoms with E-state index < -0.39 is 38.1 Å². The zero-order valence-electron chi connectivity index (χ0n) is 15.0. The summed E-state index contributed by atoms with van der Waals surface area (Å²) < 4.78 is 78.8. The van der Waals surface area contributed by atoms with Gasteiger partial charge < -0.3 is 0 Å². The first kappa shape index (κ1) is 21.6. The molecule has 2 aromatic carbocycles. The van der Waals surface area contributed by atoms with Crippen molar-refractivity contribution in [3.8, 4) is 0 Å². The van der Waals surface area contributed by atoms with E-state index in [1.165, 1.54) is 37.3 Å². The van der Waals surface area contributed by atoms with Crippen LogP contribution in [0.4, 0.5) is 28.4 Å². The van der Waals surface area contributed by atoms with Gasteiger partial charge in [-0.05, 0) is 36.8 Å². The Morgan fingerprint density at radius 2 is 1.80 bits per heavy atom. The van der Waals surface area contributed by atoms with E-state index in [2.05, 4.69) is 20.2 Å². The number of amides is 1. The maximum absolute atomic E-state index is 13.8. The number of nitrogens with zero attached hydrogens (tertiary/aromatic N) is 2. The normalized spacial score (nSPS) is 11.9. The molecule has 0 radical (unpaired) electrons. The van der Waals surface area contributed by atoms with Crippen LogP contribution < -0.4 is 10.0 Å². The third kappa shape index (κ3) is 4.74. The van der Waals surface area contributed by atoms with Gasteiger partial charge in [-0.2, -0.15) is 13.2 Å². The molecule has 0 atom stereocenters. The number of rotatable bonds is 5. The van der Waals surface area contributed by atoms with Crippen molar-refractivity contribution < 1.29 is 30.8 Å². The van der Waals surface area contributed by atoms with Crippen molar-refractivity contribution in [1.82, 2.24) is 10.2 Å². The van der Waals surface area contributed by atoms with Gasteiger partial charge in [0.2, 0.25) is 10.1 Å². The molecule has 0 saturated heterocycles. The van der Waals surface area contributed by atoms with Crippen LogP contribution >= 0.6 is 11.3 Å². The molecule has 0 aliphatic carbocycles. The molecular weight excluding hydrogens is 448 g/mol. The Kier molecular flexibility index (Phi) is 5.76. The summed E-state index contributed by atoms with van der Waals surface area (Å²) in [5, 5.41) is 6.74. The number of carbonyl (C=O) groups excluding carboxylic acids is 1. The minimum absolute atomic E-state index is 0.116. The highest BCUT2D eigenvalue weighted by atomic mass is 32.2. The van der Waals surface area contributed by atoms with E-state index in [1.54, 1.807) is 0 Å². The number of sulfonamides is 1. The Morgan fingerprint density at radius 1 is 1.10 bits per heavy atom. The zero-order valence-corrected chi connectivity index (χ0v) is 16.6. The van der Waals surface area contributed by atoms with Crippen LogP contribution in [0, 0.1) is 12.7 Å². The van der Waals surface area contributed by atoms with Gasteiger partial charge in [-0.3, -0.25) is 14.8 Å². The van der Waals surface area contributed by atoms with Crippen molar-refractivity contribution >= 4 is 38.1 Å². The largest absolute Gasteiger partial charge is 0.445 e. The van der Waals surface area contributed by atoms with Gasteiger partial charge in [0.05, 0.1) is 10.6 Å². The number of halogens is 4. The standard InChI is InChI=1S/C17H12F4N4O3S2/c1-9-6-7-10(30(27,28)25-13-5-3-2-4-12(13)18)8-11(9)14(26)22-16-24-23-15(29-16)17(19,20)21/h2-8,25H,1H3,(H,22,24,26). The first-order valence-electron chi connectivity index (χ1n) is 8.07. The fraction of sp³-hybridized carbons (Fsp3) is 0.118. The lowest BCUT2D eigenvalue weighted by molar-refractivity contribution is -0.138. The second-order valence-electron chi connectivity index (χ2n) is 5.93. The number of benzene rings is 2. The van der Waals surface area contributed by atoms with E-state index in [9.17, 15) is 30.8 Å². The third-order valence-electron chi connectivity index (χ3n) is 3.77. The molecule has 0 aliphatic heterocycles. The minimum atomic E-state index is -4.71. The molecule has 1 heterocycles. The number of hydrogen-bond acceptors (Lipinski definition) is 6. The predicted octanol–water partition coefficient (Wildman–Crippen LogP) is 4.06. The maximum atomic E-state index is 13.8. The average molecular weight is 460 g/mol. The molecule has 1 aromatic heterocycles. The van der Waals surface area contributed by atoms with Gasteiger partial charge in [0, 0.05) is 5.56 Å². The summed E-state index contributed by atoms with van der Waals surface area (Å²) in [6.07, 6.45) is -4.71. The van der Waals surface area contributed by atoms with Crippen LogP contribution in [-0.4, -0.2) is 24.5 Å². The lowest BCUT2D eigenvalue weighted by atomic mass is 10.1. The highest BCUT2D eigenvalue weighted by Crippen LogP contribution is 2.33. The van der Waals surface area contributed by atoms with Crippen molar-refractivity contribution in [2.75, 3.05) is 10.0 Å². The first-order valence-corrected chi connectivity index (χ1v) is 10.4. The predicted molar refractivity (Wildman–Crippen MR) is 101 cm³/mol. The molecular formula is C17H12F4N4O3S2. The van der Waals surface area contributed by atoms with E-state index in [1.807, 2.05) is 0 Å². The van der Waals surface area contributed by atoms with Crippen LogP contribution in [0.2, 0.25) is 0 Å². The van der Waals surface area contributed by atoms with Crippen molar-refractivity contribution in [1.29, 1.82) is 0 Å². The van der Waals surface area contributed by atoms with E-state index in [4.69, 9.17) is 0 Å². The summed E-state index contributed by atoms with van der Waals surface area (Å²) in [6.45, 7) is 1.51. The third-order valence-corrected chi connectivity index (χ3v) is 6.02. The molecule has 30 heavy (non-hydrogen) atoms. The van der Waals surface area contributed by atoms with Gasteiger partial charge in [-0.25, -0.2) is 12.8 Å². The van der Waals surface area contributed by atoms with E-state index >= 15 is 0 Å². The first-order chi connectivity index (χ1) is 14.0. The molecule has 1 amide bonds. The highest BCUT2D eigenvalue weighted by Gasteiger charge is 2.36. The van der Waals surface area contributed by atoms with Crippen LogP contribution in [0.3, 0.4) is 0 Å².